The lowest BCUT2D eigenvalue weighted by Gasteiger charge is -2.19. The van der Waals surface area contributed by atoms with Crippen LogP contribution in [0.15, 0.2) is 47.3 Å². The number of benzene rings is 2. The first-order valence-electron chi connectivity index (χ1n) is 8.13. The molecule has 0 bridgehead atoms. The van der Waals surface area contributed by atoms with Gasteiger partial charge in [0.05, 0.1) is 16.8 Å². The minimum absolute atomic E-state index is 0.0224. The molecule has 3 aromatic rings. The van der Waals surface area contributed by atoms with Gasteiger partial charge in [-0.05, 0) is 37.6 Å². The third kappa shape index (κ3) is 2.93. The number of primary amides is 1. The predicted molar refractivity (Wildman–Crippen MR) is 102 cm³/mol. The van der Waals surface area contributed by atoms with Crippen molar-refractivity contribution >= 4 is 11.7 Å². The Kier molecular flexibility index (Phi) is 4.45. The van der Waals surface area contributed by atoms with Crippen LogP contribution in [0.25, 0.3) is 16.8 Å². The van der Waals surface area contributed by atoms with E-state index in [2.05, 4.69) is 0 Å². The number of hydrogen-bond donors (Lipinski definition) is 3. The molecule has 0 unspecified atom stereocenters. The van der Waals surface area contributed by atoms with Gasteiger partial charge >= 0.3 is 0 Å². The van der Waals surface area contributed by atoms with E-state index in [0.29, 0.717) is 16.8 Å². The van der Waals surface area contributed by atoms with Gasteiger partial charge < -0.3 is 16.6 Å². The molecule has 0 atom stereocenters. The number of aryl methyl sites for hydroxylation is 1. The summed E-state index contributed by atoms with van der Waals surface area (Å²) in [5.41, 5.74) is 12.1. The number of phenolic OH excluding ortho intramolecular Hbond substituents is 1. The molecule has 0 spiro atoms. The zero-order valence-corrected chi connectivity index (χ0v) is 14.8. The Morgan fingerprint density at radius 3 is 2.41 bits per heavy atom. The highest BCUT2D eigenvalue weighted by atomic mass is 19.1. The summed E-state index contributed by atoms with van der Waals surface area (Å²) in [5.74, 6) is -1.69. The van der Waals surface area contributed by atoms with Crippen molar-refractivity contribution in [1.29, 1.82) is 0 Å². The average molecular weight is 367 g/mol. The largest absolute Gasteiger partial charge is 0.508 e. The van der Waals surface area contributed by atoms with Gasteiger partial charge in [-0.15, -0.1) is 0 Å². The monoisotopic (exact) mass is 367 g/mol. The fraction of sp³-hybridized carbons (Fsp3) is 0.100. The second-order valence-electron chi connectivity index (χ2n) is 6.22. The first-order chi connectivity index (χ1) is 12.7. The maximum Gasteiger partial charge on any atom is 0.264 e. The Morgan fingerprint density at radius 1 is 1.11 bits per heavy atom. The van der Waals surface area contributed by atoms with Gasteiger partial charge in [0.2, 0.25) is 0 Å². The van der Waals surface area contributed by atoms with Crippen molar-refractivity contribution in [3.8, 4) is 22.6 Å². The van der Waals surface area contributed by atoms with Crippen LogP contribution in [0.3, 0.4) is 0 Å². The van der Waals surface area contributed by atoms with E-state index in [9.17, 15) is 19.1 Å². The summed E-state index contributed by atoms with van der Waals surface area (Å²) in [6.45, 7) is 3.34. The average Bonchev–Trinajstić information content (AvgIpc) is 2.62. The number of carbonyl (C=O) groups excluding carboxylic acids is 1. The molecule has 0 saturated heterocycles. The number of anilines is 1. The Balaban J connectivity index is 2.50. The highest BCUT2D eigenvalue weighted by molar-refractivity contribution is 5.98. The number of aromatic hydroxyl groups is 1. The Bertz CT molecular complexity index is 1140. The van der Waals surface area contributed by atoms with Crippen LogP contribution in [0.2, 0.25) is 0 Å². The highest BCUT2D eigenvalue weighted by Crippen LogP contribution is 2.30. The molecule has 138 valence electrons. The first kappa shape index (κ1) is 18.2. The molecule has 0 aliphatic rings. The lowest BCUT2D eigenvalue weighted by atomic mass is 10.0. The third-order valence-corrected chi connectivity index (χ3v) is 4.50. The SMILES string of the molecule is Cc1ccc(O)c(C)c1-n1c(N)c(C(N)=O)cc(-c2ccccc2F)c1=O. The fourth-order valence-corrected chi connectivity index (χ4v) is 3.09. The van der Waals surface area contributed by atoms with Gasteiger partial charge in [0.15, 0.2) is 0 Å². The molecule has 0 fully saturated rings. The number of nitrogen functional groups attached to an aromatic ring is 1. The maximum absolute atomic E-state index is 14.3. The first-order valence-corrected chi connectivity index (χ1v) is 8.13. The minimum atomic E-state index is -0.853. The molecule has 3 rings (SSSR count). The molecule has 1 aromatic heterocycles. The van der Waals surface area contributed by atoms with Crippen molar-refractivity contribution in [2.24, 2.45) is 5.73 Å². The smallest absolute Gasteiger partial charge is 0.264 e. The van der Waals surface area contributed by atoms with E-state index in [1.54, 1.807) is 26.0 Å². The van der Waals surface area contributed by atoms with Crippen LogP contribution in [0.4, 0.5) is 10.2 Å². The Hall–Kier alpha value is -3.61. The van der Waals surface area contributed by atoms with Gasteiger partial charge in [-0.25, -0.2) is 4.39 Å². The number of phenols is 1. The van der Waals surface area contributed by atoms with Crippen molar-refractivity contribution < 1.29 is 14.3 Å². The van der Waals surface area contributed by atoms with E-state index < -0.39 is 17.3 Å². The van der Waals surface area contributed by atoms with Crippen LogP contribution >= 0.6 is 0 Å². The van der Waals surface area contributed by atoms with Crippen molar-refractivity contribution in [2.75, 3.05) is 5.73 Å². The molecule has 0 aliphatic carbocycles. The molecular formula is C20H18FN3O3. The fourth-order valence-electron chi connectivity index (χ4n) is 3.09. The standard InChI is InChI=1S/C20H18FN3O3/c1-10-7-8-16(25)11(2)17(10)24-18(22)14(19(23)26)9-13(20(24)27)12-5-3-4-6-15(12)21/h3-9,25H,22H2,1-2H3,(H2,23,26). The molecule has 1 amide bonds. The second kappa shape index (κ2) is 6.60. The van der Waals surface area contributed by atoms with Crippen LogP contribution < -0.4 is 17.0 Å². The zero-order chi connectivity index (χ0) is 19.9. The summed E-state index contributed by atoms with van der Waals surface area (Å²) in [5, 5.41) is 10.1. The number of carbonyl (C=O) groups is 1. The van der Waals surface area contributed by atoms with Crippen LogP contribution in [0, 0.1) is 19.7 Å². The summed E-state index contributed by atoms with van der Waals surface area (Å²) in [4.78, 5) is 25.1. The summed E-state index contributed by atoms with van der Waals surface area (Å²) in [6.07, 6.45) is 0. The predicted octanol–water partition coefficient (Wildman–Crippen LogP) is 2.65. The van der Waals surface area contributed by atoms with Crippen molar-refractivity contribution in [1.82, 2.24) is 4.57 Å². The molecule has 0 radical (unpaired) electrons. The lowest BCUT2D eigenvalue weighted by Crippen LogP contribution is -2.28. The summed E-state index contributed by atoms with van der Waals surface area (Å²) >= 11 is 0. The van der Waals surface area contributed by atoms with Crippen molar-refractivity contribution in [2.45, 2.75) is 13.8 Å². The number of amides is 1. The number of pyridine rings is 1. The number of halogens is 1. The molecule has 27 heavy (non-hydrogen) atoms. The summed E-state index contributed by atoms with van der Waals surface area (Å²) in [7, 11) is 0. The molecule has 7 heteroatoms. The Labute approximate surface area is 154 Å². The van der Waals surface area contributed by atoms with Gasteiger partial charge in [-0.2, -0.15) is 0 Å². The van der Waals surface area contributed by atoms with Gasteiger partial charge in [0.1, 0.15) is 17.4 Å². The van der Waals surface area contributed by atoms with E-state index in [4.69, 9.17) is 11.5 Å². The quantitative estimate of drug-likeness (QED) is 0.661. The number of hydrogen-bond acceptors (Lipinski definition) is 4. The summed E-state index contributed by atoms with van der Waals surface area (Å²) < 4.78 is 15.4. The lowest BCUT2D eigenvalue weighted by molar-refractivity contribution is 0.100. The maximum atomic E-state index is 14.3. The molecule has 2 aromatic carbocycles. The number of rotatable bonds is 3. The summed E-state index contributed by atoms with van der Waals surface area (Å²) in [6, 6.07) is 10.0. The van der Waals surface area contributed by atoms with E-state index >= 15 is 0 Å². The van der Waals surface area contributed by atoms with Gasteiger partial charge in [0, 0.05) is 11.1 Å². The van der Waals surface area contributed by atoms with Crippen molar-refractivity contribution in [3.63, 3.8) is 0 Å². The molecule has 6 nitrogen and oxygen atoms in total. The minimum Gasteiger partial charge on any atom is -0.508 e. The van der Waals surface area contributed by atoms with E-state index in [-0.39, 0.29) is 28.3 Å². The van der Waals surface area contributed by atoms with Gasteiger partial charge in [0.25, 0.3) is 11.5 Å². The van der Waals surface area contributed by atoms with Crippen LogP contribution in [-0.2, 0) is 0 Å². The van der Waals surface area contributed by atoms with E-state index in [1.165, 1.54) is 30.3 Å². The van der Waals surface area contributed by atoms with Gasteiger partial charge in [-0.1, -0.05) is 24.3 Å². The molecular weight excluding hydrogens is 349 g/mol. The highest BCUT2D eigenvalue weighted by Gasteiger charge is 2.22. The molecule has 0 aliphatic heterocycles. The van der Waals surface area contributed by atoms with Crippen LogP contribution in [0.5, 0.6) is 5.75 Å². The van der Waals surface area contributed by atoms with E-state index in [1.807, 2.05) is 0 Å². The molecule has 5 N–H and O–H groups in total. The number of nitrogens with two attached hydrogens (primary N) is 2. The zero-order valence-electron chi connectivity index (χ0n) is 14.8. The van der Waals surface area contributed by atoms with Crippen LogP contribution in [0.1, 0.15) is 21.5 Å². The molecule has 1 heterocycles. The normalized spacial score (nSPS) is 10.8. The van der Waals surface area contributed by atoms with E-state index in [0.717, 1.165) is 4.57 Å². The second-order valence-corrected chi connectivity index (χ2v) is 6.22. The van der Waals surface area contributed by atoms with Crippen molar-refractivity contribution in [3.05, 3.63) is 75.3 Å². The topological polar surface area (TPSA) is 111 Å². The molecule has 0 saturated carbocycles. The third-order valence-electron chi connectivity index (χ3n) is 4.50. The van der Waals surface area contributed by atoms with Crippen LogP contribution in [-0.4, -0.2) is 15.6 Å². The Morgan fingerprint density at radius 2 is 1.78 bits per heavy atom. The van der Waals surface area contributed by atoms with Gasteiger partial charge in [-0.3, -0.25) is 14.2 Å². The number of aromatic nitrogens is 1. The number of nitrogens with zero attached hydrogens (tertiary/aromatic N) is 1.